The van der Waals surface area contributed by atoms with E-state index >= 15 is 0 Å². The Bertz CT molecular complexity index is 1090. The van der Waals surface area contributed by atoms with Crippen molar-refractivity contribution in [1.82, 2.24) is 15.7 Å². The molecule has 1 saturated heterocycles. The molecule has 34 heavy (non-hydrogen) atoms. The monoisotopic (exact) mass is 485 g/mol. The van der Waals surface area contributed by atoms with E-state index in [-0.39, 0.29) is 29.9 Å². The second-order valence-corrected chi connectivity index (χ2v) is 8.46. The molecule has 1 aliphatic heterocycles. The lowest BCUT2D eigenvalue weighted by atomic mass is 10.1. The van der Waals surface area contributed by atoms with Gasteiger partial charge >= 0.3 is 5.97 Å². The van der Waals surface area contributed by atoms with Gasteiger partial charge in [-0.15, -0.1) is 16.8 Å². The van der Waals surface area contributed by atoms with Gasteiger partial charge in [-0.05, 0) is 31.2 Å². The topological polar surface area (TPSA) is 142 Å². The maximum Gasteiger partial charge on any atom is 0.352 e. The Balaban J connectivity index is 1.65. The zero-order valence-corrected chi connectivity index (χ0v) is 19.1. The molecule has 0 spiro atoms. The highest BCUT2D eigenvalue weighted by Crippen LogP contribution is 2.21. The van der Waals surface area contributed by atoms with Gasteiger partial charge in [-0.1, -0.05) is 24.3 Å². The number of phenols is 1. The number of phenolic OH excluding ortho intramolecular Hbond substituents is 1. The van der Waals surface area contributed by atoms with Gasteiger partial charge in [0, 0.05) is 34.6 Å². The number of hydrogen-bond donors (Lipinski definition) is 3. The van der Waals surface area contributed by atoms with E-state index in [0.717, 1.165) is 4.90 Å². The SMILES string of the molecule is Cc1c(O)cccc1C(=O)N[C@@H](CSc1ccccc1)C(=O)NCC(=O)ON1C(=O)CCC1=O. The summed E-state index contributed by atoms with van der Waals surface area (Å²) in [6.45, 7) is 0.971. The van der Waals surface area contributed by atoms with E-state index in [9.17, 15) is 29.1 Å². The Hall–Kier alpha value is -3.86. The van der Waals surface area contributed by atoms with Crippen LogP contribution in [-0.2, 0) is 24.0 Å². The number of aromatic hydroxyl groups is 1. The molecule has 2 aromatic rings. The fourth-order valence-electron chi connectivity index (χ4n) is 3.06. The molecule has 1 fully saturated rings. The third-order valence-corrected chi connectivity index (χ3v) is 6.04. The number of hydroxylamine groups is 2. The van der Waals surface area contributed by atoms with E-state index in [1.54, 1.807) is 6.92 Å². The number of benzene rings is 2. The Labute approximate surface area is 199 Å². The van der Waals surface area contributed by atoms with Gasteiger partial charge in [0.15, 0.2) is 0 Å². The lowest BCUT2D eigenvalue weighted by Crippen LogP contribution is -2.50. The summed E-state index contributed by atoms with van der Waals surface area (Å²) in [5.41, 5.74) is 0.561. The van der Waals surface area contributed by atoms with Gasteiger partial charge in [-0.3, -0.25) is 19.2 Å². The third kappa shape index (κ3) is 6.35. The van der Waals surface area contributed by atoms with Gasteiger partial charge in [0.2, 0.25) is 5.91 Å². The van der Waals surface area contributed by atoms with E-state index in [2.05, 4.69) is 10.6 Å². The molecule has 3 rings (SSSR count). The van der Waals surface area contributed by atoms with E-state index in [1.165, 1.54) is 30.0 Å². The van der Waals surface area contributed by atoms with Crippen molar-refractivity contribution < 1.29 is 33.9 Å². The molecule has 1 aliphatic rings. The number of carbonyl (C=O) groups is 5. The van der Waals surface area contributed by atoms with Crippen molar-refractivity contribution in [1.29, 1.82) is 0 Å². The summed E-state index contributed by atoms with van der Waals surface area (Å²) in [5.74, 6) is -3.39. The molecule has 0 aliphatic carbocycles. The zero-order chi connectivity index (χ0) is 24.7. The Morgan fingerprint density at radius 2 is 1.74 bits per heavy atom. The summed E-state index contributed by atoms with van der Waals surface area (Å²) in [4.78, 5) is 66.4. The summed E-state index contributed by atoms with van der Waals surface area (Å²) < 4.78 is 0. The lowest BCUT2D eigenvalue weighted by Gasteiger charge is -2.19. The number of nitrogens with one attached hydrogen (secondary N) is 2. The van der Waals surface area contributed by atoms with Crippen molar-refractivity contribution in [2.24, 2.45) is 0 Å². The fourth-order valence-corrected chi connectivity index (χ4v) is 4.00. The van der Waals surface area contributed by atoms with Crippen LogP contribution in [0.2, 0.25) is 0 Å². The van der Waals surface area contributed by atoms with E-state index in [4.69, 9.17) is 4.84 Å². The van der Waals surface area contributed by atoms with Crippen LogP contribution in [0.4, 0.5) is 0 Å². The van der Waals surface area contributed by atoms with Gasteiger partial charge in [0.1, 0.15) is 18.3 Å². The van der Waals surface area contributed by atoms with Crippen LogP contribution in [0.5, 0.6) is 5.75 Å². The van der Waals surface area contributed by atoms with E-state index < -0.39 is 42.2 Å². The number of nitrogens with zero attached hydrogens (tertiary/aromatic N) is 1. The number of carbonyl (C=O) groups excluding carboxylic acids is 5. The van der Waals surface area contributed by atoms with Gasteiger partial charge in [-0.2, -0.15) is 0 Å². The molecule has 10 nitrogen and oxygen atoms in total. The number of rotatable bonds is 9. The van der Waals surface area contributed by atoms with Crippen molar-refractivity contribution in [2.45, 2.75) is 30.7 Å². The van der Waals surface area contributed by atoms with Crippen LogP contribution < -0.4 is 10.6 Å². The highest BCUT2D eigenvalue weighted by molar-refractivity contribution is 7.99. The van der Waals surface area contributed by atoms with E-state index in [1.807, 2.05) is 30.3 Å². The van der Waals surface area contributed by atoms with Crippen molar-refractivity contribution in [3.8, 4) is 5.75 Å². The first-order valence-electron chi connectivity index (χ1n) is 10.4. The zero-order valence-electron chi connectivity index (χ0n) is 18.3. The smallest absolute Gasteiger partial charge is 0.352 e. The highest BCUT2D eigenvalue weighted by Gasteiger charge is 2.33. The summed E-state index contributed by atoms with van der Waals surface area (Å²) in [6, 6.07) is 12.7. The molecule has 3 N–H and O–H groups in total. The molecule has 1 heterocycles. The standard InChI is InChI=1S/C23H23N3O7S/c1-14-16(8-5-9-18(14)27)22(31)25-17(13-34-15-6-3-2-4-7-15)23(32)24-12-21(30)33-26-19(28)10-11-20(26)29/h2-9,17,27H,10-13H2,1H3,(H,24,32)(H,25,31)/t17-/m0/s1. The minimum Gasteiger partial charge on any atom is -0.508 e. The minimum atomic E-state index is -1.04. The van der Waals surface area contributed by atoms with Crippen molar-refractivity contribution in [2.75, 3.05) is 12.3 Å². The van der Waals surface area contributed by atoms with Gasteiger partial charge in [-0.25, -0.2) is 4.79 Å². The van der Waals surface area contributed by atoms with Crippen LogP contribution in [0.25, 0.3) is 0 Å². The molecule has 0 aromatic heterocycles. The molecular weight excluding hydrogens is 462 g/mol. The van der Waals surface area contributed by atoms with Crippen molar-refractivity contribution in [3.05, 3.63) is 59.7 Å². The van der Waals surface area contributed by atoms with Crippen molar-refractivity contribution in [3.63, 3.8) is 0 Å². The van der Waals surface area contributed by atoms with Crippen molar-refractivity contribution >= 4 is 41.4 Å². The van der Waals surface area contributed by atoms with Crippen LogP contribution in [0.1, 0.15) is 28.8 Å². The maximum absolute atomic E-state index is 12.8. The molecule has 11 heteroatoms. The molecular formula is C23H23N3O7S. The molecule has 0 radical (unpaired) electrons. The summed E-state index contributed by atoms with van der Waals surface area (Å²) >= 11 is 1.32. The summed E-state index contributed by atoms with van der Waals surface area (Å²) in [5, 5.41) is 15.3. The van der Waals surface area contributed by atoms with Crippen LogP contribution in [0.15, 0.2) is 53.4 Å². The van der Waals surface area contributed by atoms with Gasteiger partial charge in [0.05, 0.1) is 0 Å². The number of hydrogen-bond acceptors (Lipinski definition) is 8. The molecule has 0 bridgehead atoms. The largest absolute Gasteiger partial charge is 0.508 e. The summed E-state index contributed by atoms with van der Waals surface area (Å²) in [7, 11) is 0. The minimum absolute atomic E-state index is 0.0439. The number of imide groups is 1. The predicted molar refractivity (Wildman–Crippen MR) is 121 cm³/mol. The third-order valence-electron chi connectivity index (χ3n) is 4.94. The Morgan fingerprint density at radius 3 is 2.41 bits per heavy atom. The fraction of sp³-hybridized carbons (Fsp3) is 0.261. The Morgan fingerprint density at radius 1 is 1.06 bits per heavy atom. The first-order valence-corrected chi connectivity index (χ1v) is 11.4. The second kappa shape index (κ2) is 11.3. The first-order chi connectivity index (χ1) is 16.3. The number of amides is 4. The average Bonchev–Trinajstić information content (AvgIpc) is 3.14. The molecule has 2 aromatic carbocycles. The summed E-state index contributed by atoms with van der Waals surface area (Å²) in [6.07, 6.45) is -0.0878. The average molecular weight is 486 g/mol. The lowest BCUT2D eigenvalue weighted by molar-refractivity contribution is -0.196. The molecule has 178 valence electrons. The van der Waals surface area contributed by atoms with Gasteiger partial charge in [0.25, 0.3) is 17.7 Å². The predicted octanol–water partition coefficient (Wildman–Crippen LogP) is 1.31. The Kier molecular flexibility index (Phi) is 8.25. The van der Waals surface area contributed by atoms with Crippen LogP contribution >= 0.6 is 11.8 Å². The highest BCUT2D eigenvalue weighted by atomic mass is 32.2. The molecule has 0 unspecified atom stereocenters. The molecule has 1 atom stereocenters. The molecule has 4 amide bonds. The maximum atomic E-state index is 12.8. The quantitative estimate of drug-likeness (QED) is 0.357. The number of thioether (sulfide) groups is 1. The van der Waals surface area contributed by atoms with Crippen LogP contribution in [0, 0.1) is 6.92 Å². The van der Waals surface area contributed by atoms with Crippen LogP contribution in [-0.4, -0.2) is 58.1 Å². The molecule has 0 saturated carbocycles. The van der Waals surface area contributed by atoms with E-state index in [0.29, 0.717) is 10.6 Å². The first kappa shape index (κ1) is 24.8. The normalized spacial score (nSPS) is 14.0. The van der Waals surface area contributed by atoms with Gasteiger partial charge < -0.3 is 20.6 Å². The van der Waals surface area contributed by atoms with Crippen LogP contribution in [0.3, 0.4) is 0 Å². The second-order valence-electron chi connectivity index (χ2n) is 7.36.